The summed E-state index contributed by atoms with van der Waals surface area (Å²) in [5.74, 6) is 0. The number of fused-ring (bicyclic) bond motifs is 1. The molecule has 1 aliphatic carbocycles. The summed E-state index contributed by atoms with van der Waals surface area (Å²) in [6, 6.07) is 4.03. The van der Waals surface area contributed by atoms with Crippen molar-refractivity contribution in [2.45, 2.75) is 69.5 Å². The average Bonchev–Trinajstić information content (AvgIpc) is 3.00. The molecule has 0 aromatic heterocycles. The van der Waals surface area contributed by atoms with Crippen LogP contribution in [0.3, 0.4) is 0 Å². The summed E-state index contributed by atoms with van der Waals surface area (Å²) < 4.78 is 0. The Morgan fingerprint density at radius 3 is 2.76 bits per heavy atom. The van der Waals surface area contributed by atoms with Crippen LogP contribution in [-0.4, -0.2) is 60.1 Å². The monoisotopic (exact) mass is 290 g/mol. The third-order valence-electron chi connectivity index (χ3n) is 5.79. The van der Waals surface area contributed by atoms with Crippen LogP contribution in [0.4, 0.5) is 0 Å². The Hall–Kier alpha value is -0.630. The molecule has 0 amide bonds. The van der Waals surface area contributed by atoms with Crippen molar-refractivity contribution < 1.29 is 0 Å². The number of rotatable bonds is 4. The molecular formula is C17H30N4. The number of nitrogens with zero attached hydrogens (tertiary/aromatic N) is 3. The molecule has 118 valence electrons. The Labute approximate surface area is 129 Å². The molecule has 3 rings (SSSR count). The van der Waals surface area contributed by atoms with Gasteiger partial charge in [-0.3, -0.25) is 15.1 Å². The fraction of sp³-hybridized carbons (Fsp3) is 0.941. The van der Waals surface area contributed by atoms with Gasteiger partial charge in [-0.15, -0.1) is 0 Å². The highest BCUT2D eigenvalue weighted by molar-refractivity contribution is 5.11. The molecule has 21 heavy (non-hydrogen) atoms. The van der Waals surface area contributed by atoms with Crippen LogP contribution in [0.1, 0.15) is 51.9 Å². The molecule has 0 aromatic rings. The van der Waals surface area contributed by atoms with E-state index in [2.05, 4.69) is 28.1 Å². The van der Waals surface area contributed by atoms with E-state index < -0.39 is 0 Å². The Morgan fingerprint density at radius 1 is 1.14 bits per heavy atom. The van der Waals surface area contributed by atoms with E-state index in [9.17, 15) is 5.26 Å². The topological polar surface area (TPSA) is 42.3 Å². The first kappa shape index (κ1) is 15.3. The van der Waals surface area contributed by atoms with Crippen LogP contribution < -0.4 is 5.32 Å². The van der Waals surface area contributed by atoms with Crippen molar-refractivity contribution in [3.63, 3.8) is 0 Å². The third kappa shape index (κ3) is 3.26. The zero-order valence-electron chi connectivity index (χ0n) is 13.5. The van der Waals surface area contributed by atoms with Crippen LogP contribution in [-0.2, 0) is 0 Å². The van der Waals surface area contributed by atoms with Crippen LogP contribution in [0.15, 0.2) is 0 Å². The third-order valence-corrected chi connectivity index (χ3v) is 5.79. The molecule has 2 heterocycles. The zero-order valence-corrected chi connectivity index (χ0v) is 13.5. The number of hydrogen-bond acceptors (Lipinski definition) is 4. The summed E-state index contributed by atoms with van der Waals surface area (Å²) in [4.78, 5) is 5.37. The molecule has 3 aliphatic rings. The van der Waals surface area contributed by atoms with Crippen LogP contribution >= 0.6 is 0 Å². The Bertz CT molecular complexity index is 391. The number of nitriles is 1. The van der Waals surface area contributed by atoms with Gasteiger partial charge in [-0.2, -0.15) is 5.26 Å². The van der Waals surface area contributed by atoms with Gasteiger partial charge in [0.05, 0.1) is 6.07 Å². The number of nitrogens with one attached hydrogen (secondary N) is 1. The van der Waals surface area contributed by atoms with E-state index in [0.717, 1.165) is 31.8 Å². The first-order valence-corrected chi connectivity index (χ1v) is 8.91. The lowest BCUT2D eigenvalue weighted by Gasteiger charge is -2.46. The lowest BCUT2D eigenvalue weighted by molar-refractivity contribution is 0.0442. The zero-order chi connectivity index (χ0) is 14.7. The summed E-state index contributed by atoms with van der Waals surface area (Å²) in [6.07, 6.45) is 8.39. The maximum Gasteiger partial charge on any atom is 0.108 e. The van der Waals surface area contributed by atoms with Gasteiger partial charge in [-0.05, 0) is 58.0 Å². The molecule has 4 nitrogen and oxygen atoms in total. The van der Waals surface area contributed by atoms with E-state index in [1.807, 2.05) is 0 Å². The van der Waals surface area contributed by atoms with Gasteiger partial charge in [0.2, 0.25) is 0 Å². The minimum absolute atomic E-state index is 0.258. The molecule has 2 saturated heterocycles. The van der Waals surface area contributed by atoms with E-state index in [-0.39, 0.29) is 5.54 Å². The maximum atomic E-state index is 9.70. The average molecular weight is 290 g/mol. The Balaban J connectivity index is 1.61. The van der Waals surface area contributed by atoms with Crippen molar-refractivity contribution in [2.24, 2.45) is 0 Å². The minimum Gasteiger partial charge on any atom is -0.299 e. The molecule has 1 N–H and O–H groups in total. The predicted molar refractivity (Wildman–Crippen MR) is 85.1 cm³/mol. The lowest BCUT2D eigenvalue weighted by Crippen LogP contribution is -2.58. The smallest absolute Gasteiger partial charge is 0.108 e. The first-order chi connectivity index (χ1) is 10.3. The van der Waals surface area contributed by atoms with Crippen LogP contribution in [0.5, 0.6) is 0 Å². The summed E-state index contributed by atoms with van der Waals surface area (Å²) in [5, 5.41) is 13.2. The van der Waals surface area contributed by atoms with Gasteiger partial charge >= 0.3 is 0 Å². The summed E-state index contributed by atoms with van der Waals surface area (Å²) in [6.45, 7) is 8.14. The first-order valence-electron chi connectivity index (χ1n) is 8.91. The molecule has 4 heteroatoms. The van der Waals surface area contributed by atoms with Gasteiger partial charge in [-0.1, -0.05) is 6.92 Å². The summed E-state index contributed by atoms with van der Waals surface area (Å²) >= 11 is 0. The second-order valence-corrected chi connectivity index (χ2v) is 7.20. The van der Waals surface area contributed by atoms with Crippen molar-refractivity contribution in [2.75, 3.05) is 32.7 Å². The Morgan fingerprint density at radius 2 is 1.95 bits per heavy atom. The normalized spacial score (nSPS) is 38.1. The van der Waals surface area contributed by atoms with E-state index >= 15 is 0 Å². The molecule has 0 bridgehead atoms. The number of piperazine rings is 1. The highest BCUT2D eigenvalue weighted by Crippen LogP contribution is 2.33. The SMILES string of the molecule is CCCNC1(C#N)CCCC(N2CCN3CCCC3C2)C1. The molecule has 3 atom stereocenters. The molecule has 0 radical (unpaired) electrons. The van der Waals surface area contributed by atoms with Crippen LogP contribution in [0.25, 0.3) is 0 Å². The van der Waals surface area contributed by atoms with Gasteiger partial charge < -0.3 is 0 Å². The van der Waals surface area contributed by atoms with Gasteiger partial charge in [-0.25, -0.2) is 0 Å². The van der Waals surface area contributed by atoms with Crippen molar-refractivity contribution in [3.05, 3.63) is 0 Å². The fourth-order valence-electron chi connectivity index (χ4n) is 4.57. The van der Waals surface area contributed by atoms with E-state index in [1.165, 1.54) is 51.9 Å². The predicted octanol–water partition coefficient (Wildman–Crippen LogP) is 1.97. The second-order valence-electron chi connectivity index (χ2n) is 7.20. The van der Waals surface area contributed by atoms with Crippen molar-refractivity contribution >= 4 is 0 Å². The quantitative estimate of drug-likeness (QED) is 0.859. The van der Waals surface area contributed by atoms with Gasteiger partial charge in [0.25, 0.3) is 0 Å². The molecule has 1 saturated carbocycles. The van der Waals surface area contributed by atoms with Gasteiger partial charge in [0, 0.05) is 31.7 Å². The van der Waals surface area contributed by atoms with Gasteiger partial charge in [0.15, 0.2) is 0 Å². The minimum atomic E-state index is -0.258. The largest absolute Gasteiger partial charge is 0.299 e. The summed E-state index contributed by atoms with van der Waals surface area (Å²) in [7, 11) is 0. The highest BCUT2D eigenvalue weighted by atomic mass is 15.3. The van der Waals surface area contributed by atoms with Crippen molar-refractivity contribution in [1.82, 2.24) is 15.1 Å². The van der Waals surface area contributed by atoms with Crippen molar-refractivity contribution in [3.8, 4) is 6.07 Å². The van der Waals surface area contributed by atoms with E-state index in [4.69, 9.17) is 0 Å². The molecule has 2 aliphatic heterocycles. The molecule has 0 spiro atoms. The van der Waals surface area contributed by atoms with Crippen molar-refractivity contribution in [1.29, 1.82) is 5.26 Å². The van der Waals surface area contributed by atoms with E-state index in [1.54, 1.807) is 0 Å². The molecule has 0 aromatic carbocycles. The van der Waals surface area contributed by atoms with Gasteiger partial charge in [0.1, 0.15) is 5.54 Å². The highest BCUT2D eigenvalue weighted by Gasteiger charge is 2.40. The Kier molecular flexibility index (Phi) is 4.83. The van der Waals surface area contributed by atoms with E-state index in [0.29, 0.717) is 6.04 Å². The van der Waals surface area contributed by atoms with Crippen LogP contribution in [0, 0.1) is 11.3 Å². The lowest BCUT2D eigenvalue weighted by atomic mass is 9.79. The molecule has 3 fully saturated rings. The number of hydrogen-bond donors (Lipinski definition) is 1. The molecular weight excluding hydrogens is 260 g/mol. The second kappa shape index (κ2) is 6.64. The fourth-order valence-corrected chi connectivity index (χ4v) is 4.57. The van der Waals surface area contributed by atoms with Crippen LogP contribution in [0.2, 0.25) is 0 Å². The standard InChI is InChI=1S/C17H30N4/c1-2-8-19-17(14-18)7-3-5-15(12-17)21-11-10-20-9-4-6-16(20)13-21/h15-16,19H,2-13H2,1H3. The molecule has 3 unspecified atom stereocenters. The maximum absolute atomic E-state index is 9.70. The summed E-state index contributed by atoms with van der Waals surface area (Å²) in [5.41, 5.74) is -0.258.